The summed E-state index contributed by atoms with van der Waals surface area (Å²) in [5.41, 5.74) is 0.945. The number of piperazine rings is 1. The van der Waals surface area contributed by atoms with Gasteiger partial charge in [-0.3, -0.25) is 4.90 Å². The normalized spacial score (nSPS) is 15.2. The second-order valence-electron chi connectivity index (χ2n) is 7.08. The fraction of sp³-hybridized carbons (Fsp3) is 0.333. The van der Waals surface area contributed by atoms with Gasteiger partial charge in [-0.05, 0) is 19.2 Å². The molecule has 1 aromatic carbocycles. The molecule has 2 aromatic heterocycles. The number of hydrogen-bond donors (Lipinski definition) is 2. The van der Waals surface area contributed by atoms with Crippen LogP contribution in [0.25, 0.3) is 11.4 Å². The Bertz CT molecular complexity index is 895. The molecule has 3 heterocycles. The summed E-state index contributed by atoms with van der Waals surface area (Å²) in [6.45, 7) is 6.16. The van der Waals surface area contributed by atoms with E-state index < -0.39 is 0 Å². The Kier molecular flexibility index (Phi) is 6.23. The predicted molar refractivity (Wildman–Crippen MR) is 115 cm³/mol. The predicted octanol–water partition coefficient (Wildman–Crippen LogP) is 2.34. The van der Waals surface area contributed by atoms with Crippen LogP contribution in [0, 0.1) is 0 Å². The Morgan fingerprint density at radius 2 is 1.62 bits per heavy atom. The zero-order valence-corrected chi connectivity index (χ0v) is 16.6. The standard InChI is InChI=1S/C21H26N8/c1-28-13-15-29(16-14-28)12-11-23-20-25-19(17-7-3-2-4-8-17)26-21(27-20)24-18-9-5-6-10-22-18/h2-10H,11-16H2,1H3,(H2,22,23,24,25,26,27). The van der Waals surface area contributed by atoms with E-state index in [1.165, 1.54) is 0 Å². The van der Waals surface area contributed by atoms with Gasteiger partial charge < -0.3 is 15.5 Å². The number of rotatable bonds is 7. The van der Waals surface area contributed by atoms with Gasteiger partial charge in [0.25, 0.3) is 0 Å². The second kappa shape index (κ2) is 9.40. The highest BCUT2D eigenvalue weighted by molar-refractivity contribution is 5.59. The number of hydrogen-bond acceptors (Lipinski definition) is 8. The summed E-state index contributed by atoms with van der Waals surface area (Å²) in [6.07, 6.45) is 1.73. The first-order chi connectivity index (χ1) is 14.3. The number of likely N-dealkylation sites (N-methyl/N-ethyl adjacent to an activating group) is 1. The van der Waals surface area contributed by atoms with Crippen molar-refractivity contribution in [1.82, 2.24) is 29.7 Å². The maximum Gasteiger partial charge on any atom is 0.233 e. The molecule has 0 unspecified atom stereocenters. The molecule has 1 fully saturated rings. The van der Waals surface area contributed by atoms with Crippen LogP contribution in [0.3, 0.4) is 0 Å². The van der Waals surface area contributed by atoms with Crippen LogP contribution in [0.5, 0.6) is 0 Å². The van der Waals surface area contributed by atoms with Gasteiger partial charge in [-0.25, -0.2) is 4.98 Å². The van der Waals surface area contributed by atoms with E-state index in [1.54, 1.807) is 6.20 Å². The highest BCUT2D eigenvalue weighted by atomic mass is 15.3. The smallest absolute Gasteiger partial charge is 0.233 e. The van der Waals surface area contributed by atoms with Crippen molar-refractivity contribution < 1.29 is 0 Å². The van der Waals surface area contributed by atoms with Gasteiger partial charge in [-0.2, -0.15) is 15.0 Å². The minimum Gasteiger partial charge on any atom is -0.353 e. The van der Waals surface area contributed by atoms with E-state index >= 15 is 0 Å². The molecule has 8 nitrogen and oxygen atoms in total. The summed E-state index contributed by atoms with van der Waals surface area (Å²) < 4.78 is 0. The quantitative estimate of drug-likeness (QED) is 0.636. The van der Waals surface area contributed by atoms with Crippen molar-refractivity contribution in [2.24, 2.45) is 0 Å². The number of pyridine rings is 1. The summed E-state index contributed by atoms with van der Waals surface area (Å²) in [5.74, 6) is 2.35. The van der Waals surface area contributed by atoms with Crippen molar-refractivity contribution in [2.75, 3.05) is 56.9 Å². The lowest BCUT2D eigenvalue weighted by molar-refractivity contribution is 0.158. The lowest BCUT2D eigenvalue weighted by Gasteiger charge is -2.32. The fourth-order valence-corrected chi connectivity index (χ4v) is 3.18. The molecule has 0 saturated carbocycles. The zero-order valence-electron chi connectivity index (χ0n) is 16.6. The average Bonchev–Trinajstić information content (AvgIpc) is 2.76. The Labute approximate surface area is 171 Å². The molecule has 1 aliphatic rings. The maximum atomic E-state index is 4.62. The fourth-order valence-electron chi connectivity index (χ4n) is 3.18. The van der Waals surface area contributed by atoms with Crippen molar-refractivity contribution in [3.63, 3.8) is 0 Å². The summed E-state index contributed by atoms with van der Waals surface area (Å²) in [5, 5.41) is 6.53. The van der Waals surface area contributed by atoms with Crippen LogP contribution in [0.1, 0.15) is 0 Å². The van der Waals surface area contributed by atoms with Gasteiger partial charge in [0.1, 0.15) is 5.82 Å². The molecule has 0 bridgehead atoms. The summed E-state index contributed by atoms with van der Waals surface area (Å²) in [7, 11) is 2.17. The Balaban J connectivity index is 1.48. The van der Waals surface area contributed by atoms with Gasteiger partial charge >= 0.3 is 0 Å². The van der Waals surface area contributed by atoms with Crippen LogP contribution in [-0.4, -0.2) is 76.1 Å². The first-order valence-corrected chi connectivity index (χ1v) is 9.90. The molecule has 4 rings (SSSR count). The molecule has 1 saturated heterocycles. The molecule has 0 atom stereocenters. The topological polar surface area (TPSA) is 82.1 Å². The van der Waals surface area contributed by atoms with Crippen molar-refractivity contribution in [2.45, 2.75) is 0 Å². The van der Waals surface area contributed by atoms with Crippen molar-refractivity contribution in [1.29, 1.82) is 0 Å². The molecular formula is C21H26N8. The number of anilines is 3. The largest absolute Gasteiger partial charge is 0.353 e. The Hall–Kier alpha value is -3.10. The summed E-state index contributed by atoms with van der Waals surface area (Å²) >= 11 is 0. The lowest BCUT2D eigenvalue weighted by atomic mass is 10.2. The Morgan fingerprint density at radius 3 is 2.38 bits per heavy atom. The van der Waals surface area contributed by atoms with Crippen molar-refractivity contribution in [3.05, 3.63) is 54.7 Å². The van der Waals surface area contributed by atoms with E-state index in [0.717, 1.165) is 44.8 Å². The molecule has 0 aliphatic carbocycles. The number of nitrogens with one attached hydrogen (secondary N) is 2. The summed E-state index contributed by atoms with van der Waals surface area (Å²) in [4.78, 5) is 22.8. The monoisotopic (exact) mass is 390 g/mol. The number of benzene rings is 1. The van der Waals surface area contributed by atoms with Gasteiger partial charge in [0.2, 0.25) is 11.9 Å². The molecule has 0 amide bonds. The van der Waals surface area contributed by atoms with Crippen molar-refractivity contribution in [3.8, 4) is 11.4 Å². The molecular weight excluding hydrogens is 364 g/mol. The molecule has 8 heteroatoms. The van der Waals surface area contributed by atoms with Gasteiger partial charge in [0, 0.05) is 51.0 Å². The molecule has 0 spiro atoms. The van der Waals surface area contributed by atoms with Crippen LogP contribution < -0.4 is 10.6 Å². The number of nitrogens with zero attached hydrogens (tertiary/aromatic N) is 6. The van der Waals surface area contributed by atoms with Gasteiger partial charge in [0.05, 0.1) is 0 Å². The van der Waals surface area contributed by atoms with Crippen LogP contribution in [0.2, 0.25) is 0 Å². The van der Waals surface area contributed by atoms with E-state index in [0.29, 0.717) is 23.5 Å². The highest BCUT2D eigenvalue weighted by Crippen LogP contribution is 2.19. The van der Waals surface area contributed by atoms with Gasteiger partial charge in [0.15, 0.2) is 5.82 Å². The molecule has 3 aromatic rings. The minimum atomic E-state index is 0.472. The SMILES string of the molecule is CN1CCN(CCNc2nc(Nc3ccccn3)nc(-c3ccccc3)n2)CC1. The molecule has 2 N–H and O–H groups in total. The van der Waals surface area contributed by atoms with E-state index in [9.17, 15) is 0 Å². The molecule has 1 aliphatic heterocycles. The first-order valence-electron chi connectivity index (χ1n) is 9.90. The minimum absolute atomic E-state index is 0.472. The lowest BCUT2D eigenvalue weighted by Crippen LogP contribution is -2.45. The van der Waals surface area contributed by atoms with Crippen molar-refractivity contribution >= 4 is 17.7 Å². The number of aromatic nitrogens is 4. The van der Waals surface area contributed by atoms with Crippen LogP contribution in [-0.2, 0) is 0 Å². The van der Waals surface area contributed by atoms with E-state index in [4.69, 9.17) is 0 Å². The van der Waals surface area contributed by atoms with Crippen LogP contribution in [0.4, 0.5) is 17.7 Å². The third-order valence-corrected chi connectivity index (χ3v) is 4.88. The van der Waals surface area contributed by atoms with Crippen LogP contribution in [0.15, 0.2) is 54.7 Å². The van der Waals surface area contributed by atoms with Crippen LogP contribution >= 0.6 is 0 Å². The van der Waals surface area contributed by atoms with E-state index in [-0.39, 0.29) is 0 Å². The third kappa shape index (κ3) is 5.46. The highest BCUT2D eigenvalue weighted by Gasteiger charge is 2.14. The van der Waals surface area contributed by atoms with E-state index in [1.807, 2.05) is 48.5 Å². The maximum absolute atomic E-state index is 4.62. The Morgan fingerprint density at radius 1 is 0.862 bits per heavy atom. The average molecular weight is 390 g/mol. The molecule has 0 radical (unpaired) electrons. The first kappa shape index (κ1) is 19.2. The second-order valence-corrected chi connectivity index (χ2v) is 7.08. The molecule has 150 valence electrons. The van der Waals surface area contributed by atoms with Gasteiger partial charge in [-0.15, -0.1) is 0 Å². The summed E-state index contributed by atoms with van der Waals surface area (Å²) in [6, 6.07) is 15.6. The third-order valence-electron chi connectivity index (χ3n) is 4.88. The molecule has 29 heavy (non-hydrogen) atoms. The zero-order chi connectivity index (χ0) is 19.9. The van der Waals surface area contributed by atoms with Gasteiger partial charge in [-0.1, -0.05) is 36.4 Å². The van der Waals surface area contributed by atoms with E-state index in [2.05, 4.69) is 47.4 Å².